The maximum absolute atomic E-state index is 13.8. The molecule has 0 N–H and O–H groups in total. The highest BCUT2D eigenvalue weighted by molar-refractivity contribution is 6.16. The Balaban J connectivity index is 2.61. The van der Waals surface area contributed by atoms with Gasteiger partial charge in [-0.25, -0.2) is 9.37 Å². The minimum absolute atomic E-state index is 0.121. The summed E-state index contributed by atoms with van der Waals surface area (Å²) >= 11 is 5.98. The monoisotopic (exact) mass is 298 g/mol. The molecule has 0 bridgehead atoms. The number of halogens is 2. The normalized spacial score (nSPS) is 12.1. The second kappa shape index (κ2) is 5.60. The maximum atomic E-state index is 13.8. The van der Waals surface area contributed by atoms with E-state index in [0.29, 0.717) is 11.4 Å². The number of alkyl halides is 1. The van der Waals surface area contributed by atoms with Crippen molar-refractivity contribution < 1.29 is 9.13 Å². The van der Waals surface area contributed by atoms with Gasteiger partial charge < -0.3 is 9.30 Å². The predicted molar refractivity (Wildman–Crippen MR) is 79.9 cm³/mol. The van der Waals surface area contributed by atoms with Crippen molar-refractivity contribution in [1.29, 1.82) is 0 Å². The largest absolute Gasteiger partial charge is 0.494 e. The second-order valence-electron chi connectivity index (χ2n) is 5.74. The van der Waals surface area contributed by atoms with E-state index in [2.05, 4.69) is 30.3 Å². The van der Waals surface area contributed by atoms with Crippen LogP contribution in [0.4, 0.5) is 4.39 Å². The molecule has 0 saturated carbocycles. The Morgan fingerprint density at radius 1 is 1.40 bits per heavy atom. The van der Waals surface area contributed by atoms with Crippen molar-refractivity contribution in [2.24, 2.45) is 5.41 Å². The molecule has 2 aromatic rings. The van der Waals surface area contributed by atoms with Crippen LogP contribution in [0, 0.1) is 11.2 Å². The number of nitrogens with zero attached hydrogens (tertiary/aromatic N) is 2. The van der Waals surface area contributed by atoms with E-state index in [1.54, 1.807) is 6.07 Å². The number of methoxy groups -OCH3 is 1. The summed E-state index contributed by atoms with van der Waals surface area (Å²) in [6, 6.07) is 3.10. The van der Waals surface area contributed by atoms with E-state index in [1.165, 1.54) is 13.2 Å². The summed E-state index contributed by atoms with van der Waals surface area (Å²) in [7, 11) is 1.46. The van der Waals surface area contributed by atoms with Crippen LogP contribution in [0.25, 0.3) is 11.0 Å². The van der Waals surface area contributed by atoms with E-state index in [4.69, 9.17) is 16.3 Å². The van der Waals surface area contributed by atoms with Gasteiger partial charge in [0.25, 0.3) is 0 Å². The van der Waals surface area contributed by atoms with Gasteiger partial charge in [-0.3, -0.25) is 0 Å². The lowest BCUT2D eigenvalue weighted by molar-refractivity contribution is 0.295. The molecule has 110 valence electrons. The summed E-state index contributed by atoms with van der Waals surface area (Å²) in [4.78, 5) is 4.42. The number of hydrogen-bond donors (Lipinski definition) is 0. The van der Waals surface area contributed by atoms with Crippen LogP contribution in [-0.2, 0) is 12.4 Å². The van der Waals surface area contributed by atoms with Crippen LogP contribution in [0.2, 0.25) is 0 Å². The Morgan fingerprint density at radius 2 is 2.10 bits per heavy atom. The third-order valence-electron chi connectivity index (χ3n) is 3.76. The van der Waals surface area contributed by atoms with Crippen LogP contribution in [0.15, 0.2) is 12.1 Å². The average Bonchev–Trinajstić information content (AvgIpc) is 2.74. The first-order valence-electron chi connectivity index (χ1n) is 6.70. The molecular formula is C15H20ClFN2O. The predicted octanol–water partition coefficient (Wildman–Crippen LogP) is 4.36. The van der Waals surface area contributed by atoms with Crippen molar-refractivity contribution in [1.82, 2.24) is 9.55 Å². The molecule has 0 unspecified atom stereocenters. The molecule has 0 radical (unpaired) electrons. The van der Waals surface area contributed by atoms with Crippen molar-refractivity contribution in [2.75, 3.05) is 7.11 Å². The average molecular weight is 299 g/mol. The fourth-order valence-electron chi connectivity index (χ4n) is 2.15. The zero-order valence-corrected chi connectivity index (χ0v) is 13.1. The summed E-state index contributed by atoms with van der Waals surface area (Å²) in [6.07, 6.45) is 1.03. The van der Waals surface area contributed by atoms with Crippen molar-refractivity contribution >= 4 is 22.6 Å². The Hall–Kier alpha value is -1.29. The standard InChI is InChI=1S/C15H20ClFN2O/c1-5-15(2,3)9-19-12-7-13(20-4)10(17)6-11(12)18-14(19)8-16/h6-7H,5,8-9H2,1-4H3. The molecular weight excluding hydrogens is 279 g/mol. The molecule has 3 nitrogen and oxygen atoms in total. The summed E-state index contributed by atoms with van der Waals surface area (Å²) in [6.45, 7) is 7.33. The molecule has 1 aromatic carbocycles. The van der Waals surface area contributed by atoms with Crippen molar-refractivity contribution in [3.8, 4) is 5.75 Å². The van der Waals surface area contributed by atoms with Gasteiger partial charge >= 0.3 is 0 Å². The third-order valence-corrected chi connectivity index (χ3v) is 4.00. The van der Waals surface area contributed by atoms with E-state index >= 15 is 0 Å². The quantitative estimate of drug-likeness (QED) is 0.767. The Labute approximate surface area is 123 Å². The molecule has 20 heavy (non-hydrogen) atoms. The van der Waals surface area contributed by atoms with E-state index in [1.807, 2.05) is 0 Å². The smallest absolute Gasteiger partial charge is 0.167 e. The van der Waals surface area contributed by atoms with Crippen LogP contribution >= 0.6 is 11.6 Å². The van der Waals surface area contributed by atoms with Crippen molar-refractivity contribution in [3.63, 3.8) is 0 Å². The van der Waals surface area contributed by atoms with Gasteiger partial charge in [-0.05, 0) is 11.8 Å². The SMILES string of the molecule is CCC(C)(C)Cn1c(CCl)nc2cc(F)c(OC)cc21. The van der Waals surface area contributed by atoms with E-state index < -0.39 is 5.82 Å². The number of rotatable bonds is 5. The van der Waals surface area contributed by atoms with Crippen LogP contribution in [-0.4, -0.2) is 16.7 Å². The summed E-state index contributed by atoms with van der Waals surface area (Å²) in [5.74, 6) is 0.892. The van der Waals surface area contributed by atoms with Crippen molar-refractivity contribution in [3.05, 3.63) is 23.8 Å². The topological polar surface area (TPSA) is 27.1 Å². The Kier molecular flexibility index (Phi) is 4.23. The molecule has 0 aliphatic rings. The molecule has 0 amide bonds. The van der Waals surface area contributed by atoms with E-state index in [0.717, 1.165) is 24.3 Å². The first kappa shape index (κ1) is 15.1. The highest BCUT2D eigenvalue weighted by Gasteiger charge is 2.21. The van der Waals surface area contributed by atoms with Gasteiger partial charge in [-0.15, -0.1) is 11.6 Å². The first-order valence-corrected chi connectivity index (χ1v) is 7.24. The number of imidazole rings is 1. The molecule has 0 atom stereocenters. The van der Waals surface area contributed by atoms with Gasteiger partial charge in [-0.1, -0.05) is 20.8 Å². The minimum Gasteiger partial charge on any atom is -0.494 e. The molecule has 1 aromatic heterocycles. The van der Waals surface area contributed by atoms with Gasteiger partial charge in [-0.2, -0.15) is 0 Å². The van der Waals surface area contributed by atoms with Crippen LogP contribution < -0.4 is 4.74 Å². The zero-order valence-electron chi connectivity index (χ0n) is 12.3. The molecule has 2 rings (SSSR count). The fourth-order valence-corrected chi connectivity index (χ4v) is 2.36. The lowest BCUT2D eigenvalue weighted by atomic mass is 9.90. The summed E-state index contributed by atoms with van der Waals surface area (Å²) < 4.78 is 20.9. The van der Waals surface area contributed by atoms with E-state index in [9.17, 15) is 4.39 Å². The summed E-state index contributed by atoms with van der Waals surface area (Å²) in [5, 5.41) is 0. The molecule has 0 aliphatic heterocycles. The Morgan fingerprint density at radius 3 is 2.65 bits per heavy atom. The number of hydrogen-bond acceptors (Lipinski definition) is 2. The van der Waals surface area contributed by atoms with Gasteiger partial charge in [0.15, 0.2) is 11.6 Å². The number of fused-ring (bicyclic) bond motifs is 1. The highest BCUT2D eigenvalue weighted by atomic mass is 35.5. The van der Waals surface area contributed by atoms with Gasteiger partial charge in [0.1, 0.15) is 5.82 Å². The van der Waals surface area contributed by atoms with Gasteiger partial charge in [0, 0.05) is 18.7 Å². The zero-order chi connectivity index (χ0) is 14.9. The van der Waals surface area contributed by atoms with Crippen LogP contribution in [0.3, 0.4) is 0 Å². The van der Waals surface area contributed by atoms with Crippen LogP contribution in [0.5, 0.6) is 5.75 Å². The molecule has 1 heterocycles. The van der Waals surface area contributed by atoms with Gasteiger partial charge in [0.2, 0.25) is 0 Å². The fraction of sp³-hybridized carbons (Fsp3) is 0.533. The highest BCUT2D eigenvalue weighted by Crippen LogP contribution is 2.30. The molecule has 0 spiro atoms. The van der Waals surface area contributed by atoms with E-state index in [-0.39, 0.29) is 11.2 Å². The minimum atomic E-state index is -0.402. The number of aromatic nitrogens is 2. The number of ether oxygens (including phenoxy) is 1. The lowest BCUT2D eigenvalue weighted by Crippen LogP contribution is -2.20. The third kappa shape index (κ3) is 2.75. The molecule has 5 heteroatoms. The summed E-state index contributed by atoms with van der Waals surface area (Å²) in [5.41, 5.74) is 1.60. The molecule has 0 saturated heterocycles. The van der Waals surface area contributed by atoms with Crippen LogP contribution in [0.1, 0.15) is 33.0 Å². The molecule has 0 fully saturated rings. The van der Waals surface area contributed by atoms with Crippen molar-refractivity contribution in [2.45, 2.75) is 39.6 Å². The maximum Gasteiger partial charge on any atom is 0.167 e. The molecule has 0 aliphatic carbocycles. The first-order chi connectivity index (χ1) is 9.41. The Bertz CT molecular complexity index is 622. The lowest BCUT2D eigenvalue weighted by Gasteiger charge is -2.24. The van der Waals surface area contributed by atoms with Gasteiger partial charge in [0.05, 0.1) is 24.0 Å². The number of benzene rings is 1. The second-order valence-corrected chi connectivity index (χ2v) is 6.01.